The minimum atomic E-state index is -4.66. The number of ether oxygens (including phenoxy) is 3. The number of hydrogen-bond donors (Lipinski definition) is 0. The van der Waals surface area contributed by atoms with E-state index in [-0.39, 0.29) is 35.1 Å². The second kappa shape index (κ2) is 11.8. The van der Waals surface area contributed by atoms with Crippen LogP contribution in [0.15, 0.2) is 65.7 Å². The first kappa shape index (κ1) is 29.0. The standard InChI is InChI=1S/C30H30F4N4O4/c1-4-26(39)42-28-22-9-6-10-23(31)27(22)35-29(38(28)24-17-19(30(32,33)34)11-12-25(24)41-3)37-15-13-36(14-16-37)20-7-5-8-21(18-20)40-2/h5-12,17-18,28H,4,13-16H2,1-3H3/t28-/m0/s1. The van der Waals surface area contributed by atoms with Crippen LogP contribution in [-0.4, -0.2) is 57.2 Å². The van der Waals surface area contributed by atoms with Gasteiger partial charge in [0.2, 0.25) is 12.2 Å². The fraction of sp³-hybridized carbons (Fsp3) is 0.333. The summed E-state index contributed by atoms with van der Waals surface area (Å²) >= 11 is 0. The largest absolute Gasteiger partial charge is 0.497 e. The van der Waals surface area contributed by atoms with Gasteiger partial charge in [-0.15, -0.1) is 0 Å². The van der Waals surface area contributed by atoms with E-state index in [0.717, 1.165) is 17.8 Å². The molecule has 5 rings (SSSR count). The Hall–Kier alpha value is -4.48. The molecule has 1 saturated heterocycles. The van der Waals surface area contributed by atoms with Crippen LogP contribution in [0, 0.1) is 5.82 Å². The van der Waals surface area contributed by atoms with Crippen molar-refractivity contribution in [3.63, 3.8) is 0 Å². The minimum Gasteiger partial charge on any atom is -0.497 e. The third kappa shape index (κ3) is 5.65. The number of halogens is 4. The number of hydrogen-bond acceptors (Lipinski definition) is 8. The Balaban J connectivity index is 1.61. The number of rotatable bonds is 6. The summed E-state index contributed by atoms with van der Waals surface area (Å²) in [5.41, 5.74) is 0.159. The van der Waals surface area contributed by atoms with E-state index in [4.69, 9.17) is 14.2 Å². The molecule has 2 heterocycles. The van der Waals surface area contributed by atoms with Gasteiger partial charge in [-0.3, -0.25) is 9.69 Å². The highest BCUT2D eigenvalue weighted by Crippen LogP contribution is 2.45. The lowest BCUT2D eigenvalue weighted by Gasteiger charge is -2.45. The van der Waals surface area contributed by atoms with Gasteiger partial charge in [0.25, 0.3) is 0 Å². The van der Waals surface area contributed by atoms with Crippen LogP contribution in [0.5, 0.6) is 11.5 Å². The van der Waals surface area contributed by atoms with E-state index in [1.165, 1.54) is 30.2 Å². The van der Waals surface area contributed by atoms with Crippen molar-refractivity contribution in [3.8, 4) is 11.5 Å². The van der Waals surface area contributed by atoms with Gasteiger partial charge in [0.05, 0.1) is 25.5 Å². The summed E-state index contributed by atoms with van der Waals surface area (Å²) in [4.78, 5) is 22.7. The van der Waals surface area contributed by atoms with E-state index in [1.807, 2.05) is 29.2 Å². The van der Waals surface area contributed by atoms with E-state index >= 15 is 4.39 Å². The number of fused-ring (bicyclic) bond motifs is 1. The van der Waals surface area contributed by atoms with E-state index < -0.39 is 29.8 Å². The SMILES string of the molecule is CCC(=O)O[C@H]1c2cccc(F)c2N=C(N2CCN(c3cccc(OC)c3)CC2)N1c1cc(C(F)(F)F)ccc1OC. The molecule has 0 saturated carbocycles. The minimum absolute atomic E-state index is 0.000400. The number of carbonyl (C=O) groups excluding carboxylic acids is 1. The van der Waals surface area contributed by atoms with Crippen molar-refractivity contribution in [2.24, 2.45) is 4.99 Å². The first-order valence-electron chi connectivity index (χ1n) is 13.4. The zero-order chi connectivity index (χ0) is 30.0. The average Bonchev–Trinajstić information content (AvgIpc) is 3.00. The highest BCUT2D eigenvalue weighted by Gasteiger charge is 2.41. The topological polar surface area (TPSA) is 66.8 Å². The monoisotopic (exact) mass is 586 g/mol. The predicted molar refractivity (Wildman–Crippen MR) is 150 cm³/mol. The summed E-state index contributed by atoms with van der Waals surface area (Å²) in [7, 11) is 2.92. The summed E-state index contributed by atoms with van der Waals surface area (Å²) in [6, 6.07) is 14.9. The third-order valence-electron chi connectivity index (χ3n) is 7.22. The van der Waals surface area contributed by atoms with Gasteiger partial charge in [-0.1, -0.05) is 25.1 Å². The summed E-state index contributed by atoms with van der Waals surface area (Å²) in [6.07, 6.45) is -5.96. The Morgan fingerprint density at radius 1 is 0.952 bits per heavy atom. The van der Waals surface area contributed by atoms with Crippen molar-refractivity contribution in [3.05, 3.63) is 77.6 Å². The fourth-order valence-electron chi connectivity index (χ4n) is 5.05. The second-order valence-electron chi connectivity index (χ2n) is 9.72. The molecule has 1 fully saturated rings. The van der Waals surface area contributed by atoms with Crippen LogP contribution < -0.4 is 19.3 Å². The molecule has 0 aliphatic carbocycles. The molecule has 8 nitrogen and oxygen atoms in total. The van der Waals surface area contributed by atoms with Gasteiger partial charge in [-0.05, 0) is 36.4 Å². The van der Waals surface area contributed by atoms with Crippen LogP contribution in [0.1, 0.15) is 30.7 Å². The lowest BCUT2D eigenvalue weighted by atomic mass is 10.1. The van der Waals surface area contributed by atoms with Crippen LogP contribution in [0.3, 0.4) is 0 Å². The van der Waals surface area contributed by atoms with Gasteiger partial charge in [-0.2, -0.15) is 13.2 Å². The molecule has 2 aliphatic heterocycles. The van der Waals surface area contributed by atoms with Gasteiger partial charge in [-0.25, -0.2) is 9.38 Å². The number of nitrogens with zero attached hydrogens (tertiary/aromatic N) is 4. The molecule has 0 unspecified atom stereocenters. The molecule has 0 bridgehead atoms. The zero-order valence-corrected chi connectivity index (χ0v) is 23.3. The number of guanidine groups is 1. The number of anilines is 2. The van der Waals surface area contributed by atoms with Crippen LogP contribution in [0.2, 0.25) is 0 Å². The molecular formula is C30H30F4N4O4. The maximum Gasteiger partial charge on any atom is 0.416 e. The normalized spacial score (nSPS) is 17.0. The Morgan fingerprint density at radius 3 is 2.33 bits per heavy atom. The highest BCUT2D eigenvalue weighted by molar-refractivity contribution is 6.02. The lowest BCUT2D eigenvalue weighted by molar-refractivity contribution is -0.148. The zero-order valence-electron chi connectivity index (χ0n) is 23.3. The van der Waals surface area contributed by atoms with Crippen LogP contribution in [0.25, 0.3) is 0 Å². The smallest absolute Gasteiger partial charge is 0.416 e. The summed E-state index contributed by atoms with van der Waals surface area (Å²) in [5.74, 6) is -0.307. The predicted octanol–water partition coefficient (Wildman–Crippen LogP) is 6.14. The van der Waals surface area contributed by atoms with Crippen molar-refractivity contribution in [2.45, 2.75) is 25.7 Å². The highest BCUT2D eigenvalue weighted by atomic mass is 19.4. The van der Waals surface area contributed by atoms with Crippen LogP contribution >= 0.6 is 0 Å². The number of esters is 1. The quantitative estimate of drug-likeness (QED) is 0.254. The molecule has 3 aromatic carbocycles. The Kier molecular flexibility index (Phi) is 8.15. The number of piperazine rings is 1. The first-order chi connectivity index (χ1) is 20.1. The maximum atomic E-state index is 15.2. The molecule has 12 heteroatoms. The van der Waals surface area contributed by atoms with Crippen molar-refractivity contribution >= 4 is 29.0 Å². The van der Waals surface area contributed by atoms with Gasteiger partial charge < -0.3 is 24.0 Å². The number of para-hydroxylation sites is 1. The molecule has 0 aromatic heterocycles. The molecule has 222 valence electrons. The van der Waals surface area contributed by atoms with Gasteiger partial charge in [0.15, 0.2) is 0 Å². The van der Waals surface area contributed by atoms with Crippen molar-refractivity contribution in [2.75, 3.05) is 50.2 Å². The van der Waals surface area contributed by atoms with Crippen molar-refractivity contribution in [1.29, 1.82) is 0 Å². The van der Waals surface area contributed by atoms with E-state index in [0.29, 0.717) is 31.9 Å². The second-order valence-corrected chi connectivity index (χ2v) is 9.72. The molecule has 2 aliphatic rings. The summed E-state index contributed by atoms with van der Waals surface area (Å²) in [5, 5.41) is 0. The van der Waals surface area contributed by atoms with Gasteiger partial charge >= 0.3 is 12.1 Å². The molecule has 42 heavy (non-hydrogen) atoms. The molecule has 0 amide bonds. The third-order valence-corrected chi connectivity index (χ3v) is 7.22. The fourth-order valence-corrected chi connectivity index (χ4v) is 5.05. The number of aliphatic imine (C=N–C) groups is 1. The number of methoxy groups -OCH3 is 2. The van der Waals surface area contributed by atoms with E-state index in [9.17, 15) is 18.0 Å². The summed E-state index contributed by atoms with van der Waals surface area (Å²) < 4.78 is 73.5. The van der Waals surface area contributed by atoms with Gasteiger partial charge in [0, 0.05) is 49.9 Å². The molecule has 0 radical (unpaired) electrons. The van der Waals surface area contributed by atoms with Crippen molar-refractivity contribution < 1.29 is 36.6 Å². The Bertz CT molecular complexity index is 1490. The molecule has 0 N–H and O–H groups in total. The molecule has 3 aromatic rings. The van der Waals surface area contributed by atoms with Gasteiger partial charge in [0.1, 0.15) is 23.0 Å². The molecule has 0 spiro atoms. The average molecular weight is 587 g/mol. The maximum absolute atomic E-state index is 15.2. The number of carbonyl (C=O) groups is 1. The van der Waals surface area contributed by atoms with Crippen LogP contribution in [0.4, 0.5) is 34.6 Å². The van der Waals surface area contributed by atoms with Crippen molar-refractivity contribution in [1.82, 2.24) is 4.90 Å². The number of alkyl halides is 3. The Labute approximate surface area is 240 Å². The number of benzene rings is 3. The summed E-state index contributed by atoms with van der Waals surface area (Å²) in [6.45, 7) is 3.45. The van der Waals surface area contributed by atoms with E-state index in [2.05, 4.69) is 9.89 Å². The Morgan fingerprint density at radius 2 is 1.67 bits per heavy atom. The van der Waals surface area contributed by atoms with Crippen LogP contribution in [-0.2, 0) is 15.7 Å². The van der Waals surface area contributed by atoms with E-state index in [1.54, 1.807) is 20.1 Å². The molecular weight excluding hydrogens is 556 g/mol. The molecule has 1 atom stereocenters. The first-order valence-corrected chi connectivity index (χ1v) is 13.4. The lowest BCUT2D eigenvalue weighted by Crippen LogP contribution is -2.55.